The van der Waals surface area contributed by atoms with Gasteiger partial charge in [0.15, 0.2) is 5.78 Å². The second-order valence-electron chi connectivity index (χ2n) is 9.15. The Morgan fingerprint density at radius 2 is 1.91 bits per heavy atom. The molecule has 0 aromatic carbocycles. The molecule has 4 rings (SSSR count). The Morgan fingerprint density at radius 3 is 2.68 bits per heavy atom. The van der Waals surface area contributed by atoms with Gasteiger partial charge in [0, 0.05) is 5.92 Å². The summed E-state index contributed by atoms with van der Waals surface area (Å²) in [6.07, 6.45) is 9.93. The minimum Gasteiger partial charge on any atom is -0.393 e. The third-order valence-corrected chi connectivity index (χ3v) is 8.22. The molecule has 4 aliphatic rings. The van der Waals surface area contributed by atoms with Crippen LogP contribution in [0.2, 0.25) is 0 Å². The summed E-state index contributed by atoms with van der Waals surface area (Å²) >= 11 is 0. The first-order valence-corrected chi connectivity index (χ1v) is 9.29. The molecule has 2 nitrogen and oxygen atoms in total. The molecule has 0 unspecified atom stereocenters. The van der Waals surface area contributed by atoms with E-state index in [-0.39, 0.29) is 22.9 Å². The van der Waals surface area contributed by atoms with Crippen molar-refractivity contribution in [3.63, 3.8) is 0 Å². The zero-order valence-electron chi connectivity index (χ0n) is 14.3. The molecular weight excluding hydrogens is 272 g/mol. The molecule has 4 aliphatic carbocycles. The van der Waals surface area contributed by atoms with Crippen LogP contribution in [0.15, 0.2) is 11.6 Å². The fourth-order valence-corrected chi connectivity index (χ4v) is 6.87. The molecule has 0 radical (unpaired) electrons. The Labute approximate surface area is 134 Å². The quantitative estimate of drug-likeness (QED) is 0.730. The van der Waals surface area contributed by atoms with Gasteiger partial charge in [-0.1, -0.05) is 26.3 Å². The van der Waals surface area contributed by atoms with Gasteiger partial charge < -0.3 is 5.11 Å². The van der Waals surface area contributed by atoms with E-state index in [2.05, 4.69) is 20.8 Å². The number of aliphatic hydroxyl groups excluding tert-OH is 1. The second-order valence-corrected chi connectivity index (χ2v) is 9.15. The molecule has 3 fully saturated rings. The van der Waals surface area contributed by atoms with Gasteiger partial charge in [-0.2, -0.15) is 0 Å². The number of allylic oxidation sites excluding steroid dienone is 1. The van der Waals surface area contributed by atoms with Gasteiger partial charge in [0.1, 0.15) is 0 Å². The van der Waals surface area contributed by atoms with Crippen LogP contribution in [0, 0.1) is 34.5 Å². The van der Waals surface area contributed by atoms with Crippen LogP contribution in [-0.4, -0.2) is 17.0 Å². The van der Waals surface area contributed by atoms with Gasteiger partial charge in [0.05, 0.1) is 6.10 Å². The zero-order valence-corrected chi connectivity index (χ0v) is 14.3. The van der Waals surface area contributed by atoms with Crippen LogP contribution < -0.4 is 0 Å². The number of rotatable bonds is 0. The second kappa shape index (κ2) is 4.69. The lowest BCUT2D eigenvalue weighted by Gasteiger charge is -2.58. The summed E-state index contributed by atoms with van der Waals surface area (Å²) in [5.74, 6) is 2.73. The smallest absolute Gasteiger partial charge is 0.158 e. The van der Waals surface area contributed by atoms with E-state index in [4.69, 9.17) is 0 Å². The van der Waals surface area contributed by atoms with Crippen molar-refractivity contribution >= 4 is 5.78 Å². The number of fused-ring (bicyclic) bond motifs is 5. The molecule has 0 aliphatic heterocycles. The SMILES string of the molecule is C[C@@H]1C[C@@]2(C)C(=CC1=O)CC[C@H]1[C@@H]3CC[C@H](O)[C@@]3(C)CC[C@@H]12. The van der Waals surface area contributed by atoms with Crippen molar-refractivity contribution in [3.8, 4) is 0 Å². The van der Waals surface area contributed by atoms with Gasteiger partial charge in [-0.3, -0.25) is 4.79 Å². The molecule has 7 atom stereocenters. The highest BCUT2D eigenvalue weighted by Gasteiger charge is 2.59. The Hall–Kier alpha value is -0.630. The summed E-state index contributed by atoms with van der Waals surface area (Å²) < 4.78 is 0. The van der Waals surface area contributed by atoms with Crippen molar-refractivity contribution in [2.24, 2.45) is 34.5 Å². The van der Waals surface area contributed by atoms with E-state index >= 15 is 0 Å². The fraction of sp³-hybridized carbons (Fsp3) is 0.850. The lowest BCUT2D eigenvalue weighted by molar-refractivity contribution is -0.122. The lowest BCUT2D eigenvalue weighted by Crippen LogP contribution is -2.52. The Kier molecular flexibility index (Phi) is 3.18. The summed E-state index contributed by atoms with van der Waals surface area (Å²) in [6.45, 7) is 6.88. The van der Waals surface area contributed by atoms with Gasteiger partial charge in [-0.25, -0.2) is 0 Å². The Balaban J connectivity index is 1.70. The summed E-state index contributed by atoms with van der Waals surface area (Å²) in [4.78, 5) is 12.1. The standard InChI is InChI=1S/C20H30O2/c1-12-11-20(3)13(10-17(12)21)4-5-14-15-6-7-18(22)19(15,2)9-8-16(14)20/h10,12,14-16,18,22H,4-9,11H2,1-3H3/t12-,14+,15+,16+,18+,19+,20+/m1/s1. The van der Waals surface area contributed by atoms with Crippen LogP contribution >= 0.6 is 0 Å². The maximum atomic E-state index is 12.1. The van der Waals surface area contributed by atoms with E-state index in [0.717, 1.165) is 31.1 Å². The first-order chi connectivity index (χ1) is 10.4. The summed E-state index contributed by atoms with van der Waals surface area (Å²) in [7, 11) is 0. The lowest BCUT2D eigenvalue weighted by atomic mass is 9.47. The van der Waals surface area contributed by atoms with E-state index in [0.29, 0.717) is 11.7 Å². The van der Waals surface area contributed by atoms with E-state index in [1.165, 1.54) is 31.3 Å². The van der Waals surface area contributed by atoms with Crippen molar-refractivity contribution in [2.75, 3.05) is 0 Å². The van der Waals surface area contributed by atoms with Crippen LogP contribution in [-0.2, 0) is 4.79 Å². The van der Waals surface area contributed by atoms with Crippen LogP contribution in [0.1, 0.15) is 65.7 Å². The summed E-state index contributed by atoms with van der Waals surface area (Å²) in [6, 6.07) is 0. The van der Waals surface area contributed by atoms with Crippen molar-refractivity contribution in [3.05, 3.63) is 11.6 Å². The molecule has 2 heteroatoms. The molecule has 0 amide bonds. The minimum atomic E-state index is -0.0879. The Morgan fingerprint density at radius 1 is 1.14 bits per heavy atom. The molecule has 0 saturated heterocycles. The molecule has 3 saturated carbocycles. The molecule has 0 heterocycles. The predicted octanol–water partition coefficient (Wildman–Crippen LogP) is 4.13. The molecule has 0 bridgehead atoms. The van der Waals surface area contributed by atoms with Crippen molar-refractivity contribution in [2.45, 2.75) is 71.8 Å². The van der Waals surface area contributed by atoms with Crippen LogP contribution in [0.4, 0.5) is 0 Å². The molecule has 0 aromatic heterocycles. The zero-order chi connectivity index (χ0) is 15.7. The summed E-state index contributed by atoms with van der Waals surface area (Å²) in [5, 5.41) is 10.5. The first-order valence-electron chi connectivity index (χ1n) is 9.29. The number of carbonyl (C=O) groups is 1. The number of carbonyl (C=O) groups excluding carboxylic acids is 1. The highest BCUT2D eigenvalue weighted by molar-refractivity contribution is 5.93. The highest BCUT2D eigenvalue weighted by atomic mass is 16.3. The monoisotopic (exact) mass is 302 g/mol. The molecule has 0 spiro atoms. The third-order valence-electron chi connectivity index (χ3n) is 8.22. The molecule has 122 valence electrons. The van der Waals surface area contributed by atoms with E-state index in [1.807, 2.05) is 6.08 Å². The summed E-state index contributed by atoms with van der Waals surface area (Å²) in [5.41, 5.74) is 1.85. The van der Waals surface area contributed by atoms with Crippen molar-refractivity contribution in [1.82, 2.24) is 0 Å². The predicted molar refractivity (Wildman–Crippen MR) is 87.3 cm³/mol. The van der Waals surface area contributed by atoms with Gasteiger partial charge >= 0.3 is 0 Å². The molecule has 22 heavy (non-hydrogen) atoms. The minimum absolute atomic E-state index is 0.0879. The van der Waals surface area contributed by atoms with E-state index in [1.54, 1.807) is 0 Å². The largest absolute Gasteiger partial charge is 0.393 e. The number of ketones is 1. The fourth-order valence-electron chi connectivity index (χ4n) is 6.87. The maximum Gasteiger partial charge on any atom is 0.158 e. The highest BCUT2D eigenvalue weighted by Crippen LogP contribution is 2.65. The van der Waals surface area contributed by atoms with Gasteiger partial charge in [0.2, 0.25) is 0 Å². The van der Waals surface area contributed by atoms with E-state index < -0.39 is 0 Å². The average Bonchev–Trinajstić information content (AvgIpc) is 2.77. The van der Waals surface area contributed by atoms with Gasteiger partial charge in [0.25, 0.3) is 0 Å². The van der Waals surface area contributed by atoms with Crippen LogP contribution in [0.25, 0.3) is 0 Å². The third kappa shape index (κ3) is 1.79. The van der Waals surface area contributed by atoms with E-state index in [9.17, 15) is 9.90 Å². The Bertz CT molecular complexity index is 536. The molecule has 0 aromatic rings. The molecular formula is C20H30O2. The van der Waals surface area contributed by atoms with Crippen molar-refractivity contribution < 1.29 is 9.90 Å². The normalized spacial score (nSPS) is 54.3. The molecule has 1 N–H and O–H groups in total. The van der Waals surface area contributed by atoms with Crippen LogP contribution in [0.5, 0.6) is 0 Å². The topological polar surface area (TPSA) is 37.3 Å². The average molecular weight is 302 g/mol. The first kappa shape index (κ1) is 14.9. The van der Waals surface area contributed by atoms with Crippen molar-refractivity contribution in [1.29, 1.82) is 0 Å². The number of hydrogen-bond donors (Lipinski definition) is 1. The van der Waals surface area contributed by atoms with Gasteiger partial charge in [-0.05, 0) is 79.6 Å². The number of hydrogen-bond acceptors (Lipinski definition) is 2. The van der Waals surface area contributed by atoms with Crippen LogP contribution in [0.3, 0.4) is 0 Å². The number of aliphatic hydroxyl groups is 1. The maximum absolute atomic E-state index is 12.1. The van der Waals surface area contributed by atoms with Gasteiger partial charge in [-0.15, -0.1) is 0 Å².